The monoisotopic (exact) mass is 548 g/mol. The second-order valence-electron chi connectivity index (χ2n) is 9.77. The van der Waals surface area contributed by atoms with E-state index < -0.39 is 11.9 Å². The molecule has 9 nitrogen and oxygen atoms in total. The number of rotatable bonds is 14. The number of fused-ring (bicyclic) bond motifs is 1. The number of unbranched alkanes of at least 4 members (excludes halogenated alkanes) is 5. The van der Waals surface area contributed by atoms with Crippen LogP contribution in [0, 0.1) is 5.82 Å². The summed E-state index contributed by atoms with van der Waals surface area (Å²) in [6.45, 7) is 6.41. The van der Waals surface area contributed by atoms with Crippen LogP contribution >= 0.6 is 0 Å². The van der Waals surface area contributed by atoms with Gasteiger partial charge in [0.2, 0.25) is 0 Å². The lowest BCUT2D eigenvalue weighted by Gasteiger charge is -2.36. The first-order valence-electron chi connectivity index (χ1n) is 13.9. The van der Waals surface area contributed by atoms with Crippen molar-refractivity contribution in [3.63, 3.8) is 0 Å². The van der Waals surface area contributed by atoms with E-state index in [2.05, 4.69) is 17.0 Å². The molecular weight excluding hydrogens is 507 g/mol. The van der Waals surface area contributed by atoms with E-state index in [1.54, 1.807) is 6.07 Å². The van der Waals surface area contributed by atoms with E-state index in [1.165, 1.54) is 44.2 Å². The number of likely N-dealkylation sites (tertiary alicyclic amines) is 1. The molecule has 0 spiro atoms. The second kappa shape index (κ2) is 17.3. The van der Waals surface area contributed by atoms with Gasteiger partial charge in [-0.2, -0.15) is 0 Å². The molecule has 0 radical (unpaired) electrons. The van der Waals surface area contributed by atoms with Crippen molar-refractivity contribution < 1.29 is 38.2 Å². The molecule has 1 saturated heterocycles. The van der Waals surface area contributed by atoms with Crippen molar-refractivity contribution in [3.8, 4) is 0 Å². The Morgan fingerprint density at radius 2 is 1.69 bits per heavy atom. The van der Waals surface area contributed by atoms with Crippen LogP contribution in [0.15, 0.2) is 34.9 Å². The molecule has 2 aromatic rings. The molecule has 1 fully saturated rings. The predicted octanol–water partition coefficient (Wildman–Crippen LogP) is 5.93. The lowest BCUT2D eigenvalue weighted by Crippen LogP contribution is -2.46. The SMILES string of the molecule is CCCCCCCCC(C(=O)OCCC)N1CCC(c2noc3cc(F)ccc23)CC1.O=C(O)/C=C/C(=O)O. The molecule has 3 rings (SSSR count). The van der Waals surface area contributed by atoms with Crippen molar-refractivity contribution >= 4 is 28.9 Å². The fraction of sp³-hybridized carbons (Fsp3) is 0.586. The van der Waals surface area contributed by atoms with Gasteiger partial charge in [-0.3, -0.25) is 9.69 Å². The molecule has 10 heteroatoms. The van der Waals surface area contributed by atoms with Gasteiger partial charge in [-0.1, -0.05) is 57.5 Å². The van der Waals surface area contributed by atoms with Gasteiger partial charge in [-0.05, 0) is 50.9 Å². The van der Waals surface area contributed by atoms with E-state index in [-0.39, 0.29) is 23.7 Å². The second-order valence-corrected chi connectivity index (χ2v) is 9.77. The number of ether oxygens (including phenoxy) is 1. The van der Waals surface area contributed by atoms with Gasteiger partial charge in [-0.15, -0.1) is 0 Å². The zero-order chi connectivity index (χ0) is 28.6. The zero-order valence-electron chi connectivity index (χ0n) is 22.9. The molecule has 0 aliphatic carbocycles. The fourth-order valence-corrected chi connectivity index (χ4v) is 4.72. The van der Waals surface area contributed by atoms with Crippen molar-refractivity contribution in [2.45, 2.75) is 90.0 Å². The summed E-state index contributed by atoms with van der Waals surface area (Å²) >= 11 is 0. The highest BCUT2D eigenvalue weighted by Crippen LogP contribution is 2.34. The highest BCUT2D eigenvalue weighted by atomic mass is 19.1. The van der Waals surface area contributed by atoms with E-state index in [1.807, 2.05) is 6.92 Å². The molecule has 0 amide bonds. The summed E-state index contributed by atoms with van der Waals surface area (Å²) in [6.07, 6.45) is 11.9. The molecule has 39 heavy (non-hydrogen) atoms. The Morgan fingerprint density at radius 3 is 2.31 bits per heavy atom. The van der Waals surface area contributed by atoms with Crippen molar-refractivity contribution in [1.82, 2.24) is 10.1 Å². The van der Waals surface area contributed by atoms with E-state index in [0.29, 0.717) is 24.3 Å². The molecule has 1 aliphatic rings. The van der Waals surface area contributed by atoms with Gasteiger partial charge in [0.05, 0.1) is 12.3 Å². The van der Waals surface area contributed by atoms with Crippen LogP contribution in [0.2, 0.25) is 0 Å². The Balaban J connectivity index is 0.000000580. The molecule has 2 heterocycles. The van der Waals surface area contributed by atoms with Crippen LogP contribution in [0.5, 0.6) is 0 Å². The summed E-state index contributed by atoms with van der Waals surface area (Å²) < 4.78 is 24.3. The number of carboxylic acids is 2. The van der Waals surface area contributed by atoms with Crippen LogP contribution in [0.25, 0.3) is 11.0 Å². The number of carbonyl (C=O) groups excluding carboxylic acids is 1. The zero-order valence-corrected chi connectivity index (χ0v) is 22.9. The maximum atomic E-state index is 13.4. The average molecular weight is 549 g/mol. The largest absolute Gasteiger partial charge is 0.478 e. The normalized spacial score (nSPS) is 15.2. The molecule has 1 aliphatic heterocycles. The molecule has 216 valence electrons. The number of aromatic nitrogens is 1. The Labute approximate surface area is 229 Å². The third-order valence-electron chi connectivity index (χ3n) is 6.74. The van der Waals surface area contributed by atoms with Gasteiger partial charge in [0.1, 0.15) is 11.9 Å². The highest BCUT2D eigenvalue weighted by Gasteiger charge is 2.32. The summed E-state index contributed by atoms with van der Waals surface area (Å²) in [6, 6.07) is 4.45. The van der Waals surface area contributed by atoms with Crippen molar-refractivity contribution in [2.24, 2.45) is 0 Å². The average Bonchev–Trinajstić information content (AvgIpc) is 3.33. The van der Waals surface area contributed by atoms with Crippen LogP contribution in [-0.4, -0.2) is 63.9 Å². The first kappa shape index (κ1) is 31.9. The number of halogens is 1. The Bertz CT molecular complexity index is 1060. The number of hydrogen-bond donors (Lipinski definition) is 2. The Hall–Kier alpha value is -3.27. The summed E-state index contributed by atoms with van der Waals surface area (Å²) in [5.74, 6) is -2.63. The number of carboxylic acid groups (broad SMARTS) is 2. The fourth-order valence-electron chi connectivity index (χ4n) is 4.72. The van der Waals surface area contributed by atoms with Crippen LogP contribution in [0.3, 0.4) is 0 Å². The molecule has 0 saturated carbocycles. The third-order valence-corrected chi connectivity index (χ3v) is 6.74. The number of benzene rings is 1. The summed E-state index contributed by atoms with van der Waals surface area (Å²) in [5.41, 5.74) is 1.41. The summed E-state index contributed by atoms with van der Waals surface area (Å²) in [5, 5.41) is 20.8. The molecule has 2 N–H and O–H groups in total. The van der Waals surface area contributed by atoms with Gasteiger partial charge < -0.3 is 19.5 Å². The van der Waals surface area contributed by atoms with Gasteiger partial charge in [0.15, 0.2) is 5.58 Å². The minimum absolute atomic E-state index is 0.0729. The third kappa shape index (κ3) is 11.2. The quantitative estimate of drug-likeness (QED) is 0.167. The van der Waals surface area contributed by atoms with Gasteiger partial charge in [0.25, 0.3) is 0 Å². The Kier molecular flexibility index (Phi) is 14.2. The number of aliphatic carboxylic acids is 2. The van der Waals surface area contributed by atoms with Crippen molar-refractivity contribution in [3.05, 3.63) is 41.9 Å². The summed E-state index contributed by atoms with van der Waals surface area (Å²) in [7, 11) is 0. The van der Waals surface area contributed by atoms with Crippen LogP contribution in [-0.2, 0) is 19.1 Å². The van der Waals surface area contributed by atoms with Gasteiger partial charge >= 0.3 is 17.9 Å². The van der Waals surface area contributed by atoms with Crippen molar-refractivity contribution in [2.75, 3.05) is 19.7 Å². The lowest BCUT2D eigenvalue weighted by molar-refractivity contribution is -0.151. The van der Waals surface area contributed by atoms with E-state index >= 15 is 0 Å². The topological polar surface area (TPSA) is 130 Å². The number of hydrogen-bond acceptors (Lipinski definition) is 7. The molecule has 1 aromatic heterocycles. The number of nitrogens with zero attached hydrogens (tertiary/aromatic N) is 2. The maximum absolute atomic E-state index is 13.4. The van der Waals surface area contributed by atoms with Crippen molar-refractivity contribution in [1.29, 1.82) is 0 Å². The van der Waals surface area contributed by atoms with Crippen LogP contribution < -0.4 is 0 Å². The number of carbonyl (C=O) groups is 3. The number of esters is 1. The van der Waals surface area contributed by atoms with E-state index in [0.717, 1.165) is 56.3 Å². The lowest BCUT2D eigenvalue weighted by atomic mass is 9.90. The van der Waals surface area contributed by atoms with Crippen LogP contribution in [0.4, 0.5) is 4.39 Å². The predicted molar refractivity (Wildman–Crippen MR) is 145 cm³/mol. The number of piperidine rings is 1. The molecule has 1 aromatic carbocycles. The molecule has 1 unspecified atom stereocenters. The minimum atomic E-state index is -1.26. The Morgan fingerprint density at radius 1 is 1.05 bits per heavy atom. The maximum Gasteiger partial charge on any atom is 0.328 e. The van der Waals surface area contributed by atoms with Gasteiger partial charge in [-0.25, -0.2) is 14.0 Å². The van der Waals surface area contributed by atoms with E-state index in [9.17, 15) is 18.8 Å². The van der Waals surface area contributed by atoms with Crippen LogP contribution in [0.1, 0.15) is 89.7 Å². The van der Waals surface area contributed by atoms with E-state index in [4.69, 9.17) is 19.5 Å². The molecule has 0 bridgehead atoms. The first-order valence-corrected chi connectivity index (χ1v) is 13.9. The minimum Gasteiger partial charge on any atom is -0.478 e. The first-order chi connectivity index (χ1) is 18.8. The molecule has 1 atom stereocenters. The highest BCUT2D eigenvalue weighted by molar-refractivity contribution is 5.89. The standard InChI is InChI=1S/C25H37FN2O3.C4H4O4/c1-3-5-6-7-8-9-10-22(25(29)30-17-4-2)28-15-13-19(14-16-28)24-21-12-11-20(26)18-23(21)31-27-24;5-3(6)1-2-4(7)8/h11-12,18-19,22H,3-10,13-17H2,1-2H3;1-2H,(H,5,6)(H,7,8)/b;2-1+. The van der Waals surface area contributed by atoms with Gasteiger partial charge in [0, 0.05) is 29.5 Å². The smallest absolute Gasteiger partial charge is 0.328 e. The molecular formula is C29H41FN2O7. The summed E-state index contributed by atoms with van der Waals surface area (Å²) in [4.78, 5) is 34.2.